The Kier molecular flexibility index (Phi) is 7.81. The average molecular weight is 479 g/mol. The summed E-state index contributed by atoms with van der Waals surface area (Å²) in [7, 11) is 0. The molecule has 1 aromatic heterocycles. The van der Waals surface area contributed by atoms with Crippen molar-refractivity contribution in [2.45, 2.75) is 23.6 Å². The van der Waals surface area contributed by atoms with E-state index in [0.717, 1.165) is 33.0 Å². The Balaban J connectivity index is 0.00000141. The standard InChI is InChI=1S/C28H20N2O2S.C2H6/c31-28(32)22-13-11-21(12-14-22)27-29-25(19-7-3-1-4-8-19)26(30-27)20-15-17-24(18-16-20)33-23-9-5-2-6-10-23;1-2/h1-18H,(H,29,30)(H,31,32);1-2H3. The number of benzene rings is 4. The van der Waals surface area contributed by atoms with Crippen LogP contribution in [-0.2, 0) is 0 Å². The number of hydrogen-bond acceptors (Lipinski definition) is 3. The zero-order chi connectivity index (χ0) is 24.6. The molecule has 0 fully saturated rings. The third-order valence-corrected chi connectivity index (χ3v) is 6.29. The number of H-pyrrole nitrogens is 1. The summed E-state index contributed by atoms with van der Waals surface area (Å²) in [5.41, 5.74) is 4.92. The molecule has 5 rings (SSSR count). The molecule has 5 aromatic rings. The number of carbonyl (C=O) groups is 1. The van der Waals surface area contributed by atoms with Crippen molar-refractivity contribution in [1.29, 1.82) is 0 Å². The van der Waals surface area contributed by atoms with Gasteiger partial charge in [0.25, 0.3) is 0 Å². The molecule has 1 heterocycles. The molecular weight excluding hydrogens is 452 g/mol. The van der Waals surface area contributed by atoms with Gasteiger partial charge in [0.1, 0.15) is 5.82 Å². The predicted molar refractivity (Wildman–Crippen MR) is 144 cm³/mol. The van der Waals surface area contributed by atoms with Crippen molar-refractivity contribution in [1.82, 2.24) is 9.97 Å². The van der Waals surface area contributed by atoms with Crippen LogP contribution in [0.4, 0.5) is 0 Å². The average Bonchev–Trinajstić information content (AvgIpc) is 3.37. The second-order valence-electron chi connectivity index (χ2n) is 7.50. The highest BCUT2D eigenvalue weighted by Crippen LogP contribution is 2.35. The van der Waals surface area contributed by atoms with Gasteiger partial charge >= 0.3 is 5.97 Å². The van der Waals surface area contributed by atoms with Gasteiger partial charge in [-0.25, -0.2) is 9.78 Å². The van der Waals surface area contributed by atoms with E-state index in [-0.39, 0.29) is 5.56 Å². The highest BCUT2D eigenvalue weighted by Gasteiger charge is 2.16. The molecule has 4 aromatic carbocycles. The smallest absolute Gasteiger partial charge is 0.335 e. The molecule has 0 unspecified atom stereocenters. The third kappa shape index (κ3) is 5.70. The molecule has 0 aliphatic carbocycles. The molecule has 0 aliphatic heterocycles. The predicted octanol–water partition coefficient (Wildman–Crippen LogP) is 8.29. The zero-order valence-electron chi connectivity index (χ0n) is 19.6. The van der Waals surface area contributed by atoms with Crippen molar-refractivity contribution < 1.29 is 9.90 Å². The molecule has 5 heteroatoms. The van der Waals surface area contributed by atoms with E-state index in [0.29, 0.717) is 5.82 Å². The van der Waals surface area contributed by atoms with Gasteiger partial charge in [0.15, 0.2) is 0 Å². The summed E-state index contributed by atoms with van der Waals surface area (Å²) >= 11 is 1.72. The zero-order valence-corrected chi connectivity index (χ0v) is 20.4. The van der Waals surface area contributed by atoms with E-state index in [1.807, 2.05) is 62.4 Å². The fraction of sp³-hybridized carbons (Fsp3) is 0.0667. The van der Waals surface area contributed by atoms with Crippen LogP contribution in [0.1, 0.15) is 24.2 Å². The van der Waals surface area contributed by atoms with Crippen molar-refractivity contribution >= 4 is 17.7 Å². The van der Waals surface area contributed by atoms with Crippen LogP contribution in [0, 0.1) is 0 Å². The summed E-state index contributed by atoms with van der Waals surface area (Å²) in [6, 6.07) is 35.5. The van der Waals surface area contributed by atoms with E-state index >= 15 is 0 Å². The van der Waals surface area contributed by atoms with Crippen LogP contribution in [0.3, 0.4) is 0 Å². The minimum Gasteiger partial charge on any atom is -0.478 e. The SMILES string of the molecule is CC.O=C(O)c1ccc(-c2nc(-c3ccccc3)c(-c3ccc(Sc4ccccc4)cc3)[nH]2)cc1. The van der Waals surface area contributed by atoms with Gasteiger partial charge in [-0.1, -0.05) is 98.4 Å². The van der Waals surface area contributed by atoms with E-state index in [2.05, 4.69) is 41.4 Å². The maximum absolute atomic E-state index is 11.2. The van der Waals surface area contributed by atoms with Crippen LogP contribution in [0.25, 0.3) is 33.9 Å². The number of aromatic nitrogens is 2. The maximum Gasteiger partial charge on any atom is 0.335 e. The Morgan fingerprint density at radius 3 is 1.83 bits per heavy atom. The van der Waals surface area contributed by atoms with Gasteiger partial charge in [0.2, 0.25) is 0 Å². The summed E-state index contributed by atoms with van der Waals surface area (Å²) in [6.07, 6.45) is 0. The van der Waals surface area contributed by atoms with E-state index in [1.165, 1.54) is 4.90 Å². The Hall–Kier alpha value is -4.09. The van der Waals surface area contributed by atoms with Crippen molar-refractivity contribution in [3.05, 3.63) is 115 Å². The number of nitrogens with zero attached hydrogens (tertiary/aromatic N) is 1. The number of nitrogens with one attached hydrogen (secondary N) is 1. The molecule has 35 heavy (non-hydrogen) atoms. The molecule has 0 spiro atoms. The lowest BCUT2D eigenvalue weighted by molar-refractivity contribution is 0.0697. The molecule has 0 atom stereocenters. The van der Waals surface area contributed by atoms with Crippen LogP contribution in [0.15, 0.2) is 119 Å². The van der Waals surface area contributed by atoms with Gasteiger partial charge in [0.05, 0.1) is 17.0 Å². The Morgan fingerprint density at radius 2 is 1.23 bits per heavy atom. The lowest BCUT2D eigenvalue weighted by Gasteiger charge is -2.05. The van der Waals surface area contributed by atoms with Gasteiger partial charge in [0, 0.05) is 26.5 Å². The maximum atomic E-state index is 11.2. The summed E-state index contributed by atoms with van der Waals surface area (Å²) < 4.78 is 0. The number of imidazole rings is 1. The number of carboxylic acid groups (broad SMARTS) is 1. The molecule has 0 bridgehead atoms. The van der Waals surface area contributed by atoms with E-state index in [1.54, 1.807) is 36.0 Å². The lowest BCUT2D eigenvalue weighted by atomic mass is 10.1. The molecule has 0 saturated carbocycles. The van der Waals surface area contributed by atoms with E-state index in [4.69, 9.17) is 4.98 Å². The quantitative estimate of drug-likeness (QED) is 0.258. The molecule has 0 amide bonds. The van der Waals surface area contributed by atoms with Gasteiger partial charge in [-0.2, -0.15) is 0 Å². The molecule has 2 N–H and O–H groups in total. The van der Waals surface area contributed by atoms with Crippen molar-refractivity contribution in [2.75, 3.05) is 0 Å². The van der Waals surface area contributed by atoms with E-state index in [9.17, 15) is 9.90 Å². The normalized spacial score (nSPS) is 10.3. The fourth-order valence-corrected chi connectivity index (χ4v) is 4.45. The van der Waals surface area contributed by atoms with Crippen LogP contribution in [0.5, 0.6) is 0 Å². The lowest BCUT2D eigenvalue weighted by Crippen LogP contribution is -1.95. The first-order chi connectivity index (χ1) is 17.2. The molecule has 174 valence electrons. The molecule has 0 radical (unpaired) electrons. The fourth-order valence-electron chi connectivity index (χ4n) is 3.61. The number of aromatic amines is 1. The Morgan fingerprint density at radius 1 is 0.686 bits per heavy atom. The Labute approximate surface area is 209 Å². The van der Waals surface area contributed by atoms with Crippen molar-refractivity contribution in [2.24, 2.45) is 0 Å². The van der Waals surface area contributed by atoms with Gasteiger partial charge in [-0.15, -0.1) is 0 Å². The number of carboxylic acids is 1. The second-order valence-corrected chi connectivity index (χ2v) is 8.64. The minimum atomic E-state index is -0.944. The number of aromatic carboxylic acids is 1. The van der Waals surface area contributed by atoms with Gasteiger partial charge in [-0.05, 0) is 36.4 Å². The molecule has 0 saturated heterocycles. The van der Waals surface area contributed by atoms with Crippen LogP contribution in [0.2, 0.25) is 0 Å². The summed E-state index contributed by atoms with van der Waals surface area (Å²) in [4.78, 5) is 21.9. The minimum absolute atomic E-state index is 0.250. The number of hydrogen-bond donors (Lipinski definition) is 2. The first-order valence-corrected chi connectivity index (χ1v) is 12.3. The highest BCUT2D eigenvalue weighted by atomic mass is 32.2. The molecular formula is C30H26N2O2S. The van der Waals surface area contributed by atoms with Gasteiger partial charge < -0.3 is 10.1 Å². The first-order valence-electron chi connectivity index (χ1n) is 11.5. The topological polar surface area (TPSA) is 66.0 Å². The highest BCUT2D eigenvalue weighted by molar-refractivity contribution is 7.99. The van der Waals surface area contributed by atoms with E-state index < -0.39 is 5.97 Å². The second kappa shape index (κ2) is 11.4. The Bertz CT molecular complexity index is 1380. The largest absolute Gasteiger partial charge is 0.478 e. The number of rotatable bonds is 6. The first kappa shape index (κ1) is 24.0. The van der Waals surface area contributed by atoms with Crippen molar-refractivity contribution in [3.8, 4) is 33.9 Å². The van der Waals surface area contributed by atoms with Crippen LogP contribution < -0.4 is 0 Å². The molecule has 0 aliphatic rings. The van der Waals surface area contributed by atoms with Crippen molar-refractivity contribution in [3.63, 3.8) is 0 Å². The monoisotopic (exact) mass is 478 g/mol. The third-order valence-electron chi connectivity index (χ3n) is 5.28. The molecule has 4 nitrogen and oxygen atoms in total. The van der Waals surface area contributed by atoms with Crippen LogP contribution in [-0.4, -0.2) is 21.0 Å². The van der Waals surface area contributed by atoms with Crippen LogP contribution >= 0.6 is 11.8 Å². The summed E-state index contributed by atoms with van der Waals surface area (Å²) in [5.74, 6) is -0.247. The van der Waals surface area contributed by atoms with Gasteiger partial charge in [-0.3, -0.25) is 0 Å². The summed E-state index contributed by atoms with van der Waals surface area (Å²) in [5, 5.41) is 9.18. The summed E-state index contributed by atoms with van der Waals surface area (Å²) in [6.45, 7) is 4.00.